The van der Waals surface area contributed by atoms with E-state index in [2.05, 4.69) is 27.8 Å². The molecule has 0 aliphatic carbocycles. The normalized spacial score (nSPS) is 12.3. The van der Waals surface area contributed by atoms with Gasteiger partial charge in [-0.25, -0.2) is 4.99 Å². The molecule has 0 spiro atoms. The topological polar surface area (TPSA) is 75.1 Å². The van der Waals surface area contributed by atoms with Crippen LogP contribution in [0.25, 0.3) is 0 Å². The molecule has 0 fully saturated rings. The summed E-state index contributed by atoms with van der Waals surface area (Å²) in [6, 6.07) is 15.7. The molecular formula is C24H36IN3O3. The molecule has 7 heteroatoms. The van der Waals surface area contributed by atoms with Crippen LogP contribution in [0.4, 0.5) is 0 Å². The van der Waals surface area contributed by atoms with Crippen molar-refractivity contribution in [3.63, 3.8) is 0 Å². The predicted molar refractivity (Wildman–Crippen MR) is 137 cm³/mol. The minimum absolute atomic E-state index is 0. The molecule has 0 aromatic heterocycles. The molecule has 6 nitrogen and oxygen atoms in total. The lowest BCUT2D eigenvalue weighted by molar-refractivity contribution is 0.133. The number of aliphatic imine (C=N–C) groups is 1. The summed E-state index contributed by atoms with van der Waals surface area (Å²) in [7, 11) is 0. The van der Waals surface area contributed by atoms with Gasteiger partial charge in [-0.3, -0.25) is 0 Å². The number of ether oxygens (including phenoxy) is 2. The van der Waals surface area contributed by atoms with Gasteiger partial charge >= 0.3 is 0 Å². The van der Waals surface area contributed by atoms with Crippen molar-refractivity contribution in [3.05, 3.63) is 65.2 Å². The number of hydrogen-bond acceptors (Lipinski definition) is 4. The van der Waals surface area contributed by atoms with E-state index in [1.165, 1.54) is 0 Å². The van der Waals surface area contributed by atoms with E-state index in [1.54, 1.807) is 0 Å². The van der Waals surface area contributed by atoms with E-state index in [1.807, 2.05) is 64.1 Å². The molecule has 0 saturated carbocycles. The van der Waals surface area contributed by atoms with E-state index < -0.39 is 6.10 Å². The molecule has 1 atom stereocenters. The summed E-state index contributed by atoms with van der Waals surface area (Å²) in [6.45, 7) is 10.9. The Bertz CT molecular complexity index is 799. The number of guanidine groups is 1. The molecule has 0 saturated heterocycles. The first-order valence-electron chi connectivity index (χ1n) is 10.6. The standard InChI is InChI=1S/C24H35N3O3.HI/c1-5-25-24(26-15-20-10-7-8-11-21(20)17-29-6-2)27-16-23(28)19-12-9-13-22(14-19)30-18(3)4;/h7-14,18,23,28H,5-6,15-17H2,1-4H3,(H2,25,26,27);1H. The molecule has 0 heterocycles. The summed E-state index contributed by atoms with van der Waals surface area (Å²) in [4.78, 5) is 4.68. The Kier molecular flexibility index (Phi) is 13.2. The highest BCUT2D eigenvalue weighted by atomic mass is 127. The lowest BCUT2D eigenvalue weighted by Gasteiger charge is -2.17. The van der Waals surface area contributed by atoms with Crippen molar-refractivity contribution >= 4 is 29.9 Å². The molecule has 1 unspecified atom stereocenters. The van der Waals surface area contributed by atoms with E-state index in [-0.39, 0.29) is 30.1 Å². The maximum absolute atomic E-state index is 10.6. The van der Waals surface area contributed by atoms with Crippen LogP contribution in [0.5, 0.6) is 5.75 Å². The first-order chi connectivity index (χ1) is 14.5. The van der Waals surface area contributed by atoms with Gasteiger partial charge in [-0.1, -0.05) is 36.4 Å². The minimum Gasteiger partial charge on any atom is -0.491 e. The van der Waals surface area contributed by atoms with Crippen molar-refractivity contribution in [3.8, 4) is 5.75 Å². The molecule has 2 aromatic carbocycles. The summed E-state index contributed by atoms with van der Waals surface area (Å²) in [5.74, 6) is 1.42. The van der Waals surface area contributed by atoms with E-state index in [4.69, 9.17) is 9.47 Å². The first kappa shape index (κ1) is 27.2. The second kappa shape index (κ2) is 15.0. The molecular weight excluding hydrogens is 505 g/mol. The quantitative estimate of drug-likeness (QED) is 0.223. The molecule has 3 N–H and O–H groups in total. The van der Waals surface area contributed by atoms with Crippen molar-refractivity contribution < 1.29 is 14.6 Å². The third kappa shape index (κ3) is 9.88. The van der Waals surface area contributed by atoms with Crippen LogP contribution in [-0.2, 0) is 17.9 Å². The molecule has 0 aliphatic heterocycles. The van der Waals surface area contributed by atoms with Crippen LogP contribution in [0.1, 0.15) is 50.5 Å². The summed E-state index contributed by atoms with van der Waals surface area (Å²) < 4.78 is 11.3. The van der Waals surface area contributed by atoms with Crippen LogP contribution in [0.15, 0.2) is 53.5 Å². The summed E-state index contributed by atoms with van der Waals surface area (Å²) in [5.41, 5.74) is 3.07. The number of nitrogens with zero attached hydrogens (tertiary/aromatic N) is 1. The highest BCUT2D eigenvalue weighted by Gasteiger charge is 2.10. The van der Waals surface area contributed by atoms with Crippen molar-refractivity contribution in [1.29, 1.82) is 0 Å². The lowest BCUT2D eigenvalue weighted by Crippen LogP contribution is -2.39. The minimum atomic E-state index is -0.671. The van der Waals surface area contributed by atoms with Crippen molar-refractivity contribution in [2.75, 3.05) is 19.7 Å². The van der Waals surface area contributed by atoms with Gasteiger partial charge in [0, 0.05) is 19.7 Å². The third-order valence-corrected chi connectivity index (χ3v) is 4.41. The SMILES string of the molecule is CCNC(=NCc1ccccc1COCC)NCC(O)c1cccc(OC(C)C)c1.I. The summed E-state index contributed by atoms with van der Waals surface area (Å²) in [6.07, 6.45) is -0.580. The molecule has 2 rings (SSSR count). The predicted octanol–water partition coefficient (Wildman–Crippen LogP) is 4.42. The Morgan fingerprint density at radius 2 is 1.77 bits per heavy atom. The highest BCUT2D eigenvalue weighted by Crippen LogP contribution is 2.20. The van der Waals surface area contributed by atoms with E-state index in [0.717, 1.165) is 29.0 Å². The summed E-state index contributed by atoms with van der Waals surface area (Å²) in [5, 5.41) is 17.1. The van der Waals surface area contributed by atoms with Gasteiger partial charge in [-0.15, -0.1) is 24.0 Å². The molecule has 0 bridgehead atoms. The van der Waals surface area contributed by atoms with Gasteiger partial charge in [0.25, 0.3) is 0 Å². The second-order valence-corrected chi connectivity index (χ2v) is 7.24. The average Bonchev–Trinajstić information content (AvgIpc) is 2.74. The van der Waals surface area contributed by atoms with Gasteiger partial charge in [0.05, 0.1) is 25.4 Å². The van der Waals surface area contributed by atoms with Gasteiger partial charge in [0.1, 0.15) is 5.75 Å². The molecule has 0 aliphatic rings. The largest absolute Gasteiger partial charge is 0.491 e. The molecule has 2 aromatic rings. The van der Waals surface area contributed by atoms with Crippen LogP contribution in [0, 0.1) is 0 Å². The highest BCUT2D eigenvalue weighted by molar-refractivity contribution is 14.0. The smallest absolute Gasteiger partial charge is 0.191 e. The van der Waals surface area contributed by atoms with Gasteiger partial charge in [0.15, 0.2) is 5.96 Å². The van der Waals surface area contributed by atoms with Crippen molar-refractivity contribution in [2.45, 2.75) is 53.1 Å². The van der Waals surface area contributed by atoms with E-state index >= 15 is 0 Å². The van der Waals surface area contributed by atoms with E-state index in [9.17, 15) is 5.11 Å². The average molecular weight is 541 g/mol. The van der Waals surface area contributed by atoms with Crippen LogP contribution in [0.3, 0.4) is 0 Å². The maximum Gasteiger partial charge on any atom is 0.191 e. The Hall–Kier alpha value is -1.84. The zero-order valence-corrected chi connectivity index (χ0v) is 21.3. The second-order valence-electron chi connectivity index (χ2n) is 7.24. The van der Waals surface area contributed by atoms with Crippen LogP contribution in [-0.4, -0.2) is 36.9 Å². The Labute approximate surface area is 203 Å². The van der Waals surface area contributed by atoms with Crippen LogP contribution >= 0.6 is 24.0 Å². The first-order valence-corrected chi connectivity index (χ1v) is 10.6. The van der Waals surface area contributed by atoms with Gasteiger partial charge < -0.3 is 25.2 Å². The maximum atomic E-state index is 10.6. The fourth-order valence-corrected chi connectivity index (χ4v) is 2.95. The Morgan fingerprint density at radius 3 is 2.45 bits per heavy atom. The lowest BCUT2D eigenvalue weighted by atomic mass is 10.1. The number of nitrogens with one attached hydrogen (secondary N) is 2. The number of halogens is 1. The van der Waals surface area contributed by atoms with Gasteiger partial charge in [-0.2, -0.15) is 0 Å². The van der Waals surface area contributed by atoms with Crippen molar-refractivity contribution in [2.24, 2.45) is 4.99 Å². The molecule has 31 heavy (non-hydrogen) atoms. The number of aliphatic hydroxyl groups is 1. The zero-order chi connectivity index (χ0) is 21.8. The molecule has 172 valence electrons. The fourth-order valence-electron chi connectivity index (χ4n) is 2.95. The molecule has 0 radical (unpaired) electrons. The summed E-state index contributed by atoms with van der Waals surface area (Å²) >= 11 is 0. The van der Waals surface area contributed by atoms with Crippen molar-refractivity contribution in [1.82, 2.24) is 10.6 Å². The third-order valence-electron chi connectivity index (χ3n) is 4.41. The number of hydrogen-bond donors (Lipinski definition) is 3. The number of benzene rings is 2. The van der Waals surface area contributed by atoms with Crippen LogP contribution in [0.2, 0.25) is 0 Å². The zero-order valence-electron chi connectivity index (χ0n) is 18.9. The van der Waals surface area contributed by atoms with Gasteiger partial charge in [0.2, 0.25) is 0 Å². The van der Waals surface area contributed by atoms with Gasteiger partial charge in [-0.05, 0) is 56.5 Å². The van der Waals surface area contributed by atoms with E-state index in [0.29, 0.717) is 32.3 Å². The Morgan fingerprint density at radius 1 is 1.03 bits per heavy atom. The fraction of sp³-hybridized carbons (Fsp3) is 0.458. The van der Waals surface area contributed by atoms with Crippen LogP contribution < -0.4 is 15.4 Å². The monoisotopic (exact) mass is 541 g/mol. The number of aliphatic hydroxyl groups excluding tert-OH is 1. The Balaban J connectivity index is 0.00000480. The number of rotatable bonds is 11. The molecule has 0 amide bonds.